The van der Waals surface area contributed by atoms with Gasteiger partial charge >= 0.3 is 0 Å². The minimum Gasteiger partial charge on any atom is -0.389 e. The summed E-state index contributed by atoms with van der Waals surface area (Å²) in [6, 6.07) is 0. The SMILES string of the molecule is COC1C(=O)[C@]2(C)C(OC)CC3OC[C@@]3(O)C2C(C)C2(O)CC(O)C(C)=C1C2(C)C.[Ac]. The molecule has 31 heavy (non-hydrogen) atoms. The predicted octanol–water partition coefficient (Wildman–Crippen LogP) is 1.23. The van der Waals surface area contributed by atoms with Crippen LogP contribution < -0.4 is 0 Å². The van der Waals surface area contributed by atoms with Crippen molar-refractivity contribution in [2.75, 3.05) is 20.8 Å². The van der Waals surface area contributed by atoms with Crippen LogP contribution in [-0.2, 0) is 19.0 Å². The average Bonchev–Trinajstić information content (AvgIpc) is 2.67. The number of rotatable bonds is 2. The standard InChI is InChI=1S/C23H36O7.Ac/c1-11-13(24)9-23(27)12(2)18-21(5,14(28-6)8-15-22(18,26)10-30-15)19(25)17(29-7)16(11)20(23,3)4;/h12-15,17-18,24,26-27H,8-10H2,1-7H3;/t12?,13?,14?,15?,17?,18?,21-,22+,23?;/m1./s1. The number of ketones is 1. The summed E-state index contributed by atoms with van der Waals surface area (Å²) in [7, 11) is 3.05. The summed E-state index contributed by atoms with van der Waals surface area (Å²) in [4.78, 5) is 14.2. The van der Waals surface area contributed by atoms with E-state index in [4.69, 9.17) is 14.2 Å². The van der Waals surface area contributed by atoms with Gasteiger partial charge in [-0.1, -0.05) is 20.8 Å². The van der Waals surface area contributed by atoms with Gasteiger partial charge in [0.1, 0.15) is 11.7 Å². The maximum Gasteiger partial charge on any atom is 0.174 e. The van der Waals surface area contributed by atoms with Crippen LogP contribution in [0.15, 0.2) is 11.1 Å². The molecular weight excluding hydrogens is 615 g/mol. The molecule has 1 saturated heterocycles. The van der Waals surface area contributed by atoms with E-state index < -0.39 is 58.3 Å². The molecule has 3 fully saturated rings. The van der Waals surface area contributed by atoms with E-state index in [1.54, 1.807) is 7.11 Å². The monoisotopic (exact) mass is 651 g/mol. The van der Waals surface area contributed by atoms with Gasteiger partial charge in [-0.2, -0.15) is 0 Å². The molecule has 1 heterocycles. The Hall–Kier alpha value is 0.612. The molecule has 4 rings (SSSR count). The first-order valence-electron chi connectivity index (χ1n) is 10.9. The molecule has 1 radical (unpaired) electrons. The van der Waals surface area contributed by atoms with Crippen LogP contribution in [0.5, 0.6) is 0 Å². The molecule has 7 nitrogen and oxygen atoms in total. The Kier molecular flexibility index (Phi) is 6.84. The fourth-order valence-electron chi connectivity index (χ4n) is 7.51. The summed E-state index contributed by atoms with van der Waals surface area (Å²) in [6.07, 6.45) is -2.24. The van der Waals surface area contributed by atoms with E-state index in [-0.39, 0.29) is 62.9 Å². The molecule has 4 aliphatic rings. The summed E-state index contributed by atoms with van der Waals surface area (Å²) in [5.74, 6) is -1.30. The van der Waals surface area contributed by atoms with Gasteiger partial charge in [-0.3, -0.25) is 4.79 Å². The van der Waals surface area contributed by atoms with Crippen molar-refractivity contribution in [1.82, 2.24) is 0 Å². The van der Waals surface area contributed by atoms with Crippen molar-refractivity contribution < 1.29 is 78.4 Å². The average molecular weight is 652 g/mol. The number of carbonyl (C=O) groups excluding carboxylic acids is 1. The Morgan fingerprint density at radius 1 is 1.13 bits per heavy atom. The quantitative estimate of drug-likeness (QED) is 0.386. The number of fused-ring (bicyclic) bond motifs is 5. The molecule has 7 unspecified atom stereocenters. The fourth-order valence-corrected chi connectivity index (χ4v) is 7.51. The first-order valence-corrected chi connectivity index (χ1v) is 10.9. The molecule has 0 amide bonds. The van der Waals surface area contributed by atoms with Crippen LogP contribution in [0.25, 0.3) is 0 Å². The molecule has 9 atom stereocenters. The Morgan fingerprint density at radius 3 is 2.23 bits per heavy atom. The van der Waals surface area contributed by atoms with Crippen LogP contribution in [0.2, 0.25) is 0 Å². The second kappa shape index (κ2) is 8.09. The number of Topliss-reactive ketones (excluding diaryl/α,β-unsaturated/α-hetero) is 1. The van der Waals surface area contributed by atoms with E-state index in [9.17, 15) is 20.1 Å². The summed E-state index contributed by atoms with van der Waals surface area (Å²) in [6.45, 7) is 9.47. The molecular formula is C23H36AcO7. The van der Waals surface area contributed by atoms with E-state index in [0.717, 1.165) is 0 Å². The smallest absolute Gasteiger partial charge is 0.174 e. The zero-order chi connectivity index (χ0) is 22.4. The molecule has 0 aromatic heterocycles. The van der Waals surface area contributed by atoms with Gasteiger partial charge in [0, 0.05) is 82.5 Å². The number of methoxy groups -OCH3 is 2. The van der Waals surface area contributed by atoms with Crippen LogP contribution >= 0.6 is 0 Å². The fraction of sp³-hybridized carbons (Fsp3) is 0.870. The van der Waals surface area contributed by atoms with E-state index >= 15 is 0 Å². The molecule has 3 aliphatic carbocycles. The molecule has 173 valence electrons. The summed E-state index contributed by atoms with van der Waals surface area (Å²) < 4.78 is 17.3. The van der Waals surface area contributed by atoms with E-state index in [2.05, 4.69) is 0 Å². The van der Waals surface area contributed by atoms with Crippen molar-refractivity contribution in [3.63, 3.8) is 0 Å². The van der Waals surface area contributed by atoms with Crippen LogP contribution in [0.4, 0.5) is 0 Å². The third-order valence-electron chi connectivity index (χ3n) is 9.34. The van der Waals surface area contributed by atoms with Crippen molar-refractivity contribution in [3.8, 4) is 0 Å². The van der Waals surface area contributed by atoms with Crippen molar-refractivity contribution in [3.05, 3.63) is 11.1 Å². The summed E-state index contributed by atoms with van der Waals surface area (Å²) in [5, 5.41) is 34.8. The number of aliphatic hydroxyl groups excluding tert-OH is 1. The second-order valence-corrected chi connectivity index (χ2v) is 10.6. The number of carbonyl (C=O) groups is 1. The van der Waals surface area contributed by atoms with Crippen molar-refractivity contribution in [2.45, 2.75) is 83.1 Å². The number of hydrogen-bond acceptors (Lipinski definition) is 7. The Bertz CT molecular complexity index is 797. The zero-order valence-corrected chi connectivity index (χ0v) is 24.4. The van der Waals surface area contributed by atoms with E-state index in [1.165, 1.54) is 7.11 Å². The number of hydrogen-bond donors (Lipinski definition) is 3. The normalized spacial score (nSPS) is 51.0. The maximum absolute atomic E-state index is 14.2. The molecule has 0 aromatic carbocycles. The second-order valence-electron chi connectivity index (χ2n) is 10.6. The van der Waals surface area contributed by atoms with Crippen LogP contribution in [0.1, 0.15) is 47.5 Å². The van der Waals surface area contributed by atoms with Crippen LogP contribution in [0, 0.1) is 66.7 Å². The Balaban J connectivity index is 0.00000272. The Labute approximate surface area is 220 Å². The molecule has 1 aliphatic heterocycles. The molecule has 2 saturated carbocycles. The van der Waals surface area contributed by atoms with Gasteiger partial charge in [0.15, 0.2) is 5.78 Å². The van der Waals surface area contributed by atoms with Gasteiger partial charge < -0.3 is 29.5 Å². The zero-order valence-electron chi connectivity index (χ0n) is 19.6. The van der Waals surface area contributed by atoms with Gasteiger partial charge in [-0.05, 0) is 30.9 Å². The minimum atomic E-state index is -1.36. The van der Waals surface area contributed by atoms with Gasteiger partial charge in [-0.25, -0.2) is 0 Å². The van der Waals surface area contributed by atoms with Crippen LogP contribution in [0.3, 0.4) is 0 Å². The summed E-state index contributed by atoms with van der Waals surface area (Å²) >= 11 is 0. The van der Waals surface area contributed by atoms with Gasteiger partial charge in [0.2, 0.25) is 0 Å². The first-order chi connectivity index (χ1) is 13.8. The third kappa shape index (κ3) is 3.05. The molecule has 0 aromatic rings. The summed E-state index contributed by atoms with van der Waals surface area (Å²) in [5.41, 5.74) is -3.24. The van der Waals surface area contributed by atoms with Gasteiger partial charge in [-0.15, -0.1) is 0 Å². The van der Waals surface area contributed by atoms with Gasteiger partial charge in [0.25, 0.3) is 0 Å². The largest absolute Gasteiger partial charge is 0.389 e. The topological polar surface area (TPSA) is 105 Å². The van der Waals surface area contributed by atoms with Crippen molar-refractivity contribution >= 4 is 5.78 Å². The Morgan fingerprint density at radius 2 is 1.74 bits per heavy atom. The predicted molar refractivity (Wildman–Crippen MR) is 109 cm³/mol. The minimum absolute atomic E-state index is 0. The van der Waals surface area contributed by atoms with Crippen molar-refractivity contribution in [2.24, 2.45) is 22.7 Å². The maximum atomic E-state index is 14.2. The van der Waals surface area contributed by atoms with E-state index in [0.29, 0.717) is 17.6 Å². The molecule has 0 spiro atoms. The molecule has 8 heteroatoms. The van der Waals surface area contributed by atoms with E-state index in [1.807, 2.05) is 34.6 Å². The van der Waals surface area contributed by atoms with Crippen molar-refractivity contribution in [1.29, 1.82) is 0 Å². The molecule has 2 bridgehead atoms. The van der Waals surface area contributed by atoms with Crippen LogP contribution in [-0.4, -0.2) is 77.5 Å². The first kappa shape index (κ1) is 26.2. The number of ether oxygens (including phenoxy) is 3. The molecule has 3 N–H and O–H groups in total. The number of aliphatic hydroxyl groups is 3. The third-order valence-corrected chi connectivity index (χ3v) is 9.34. The van der Waals surface area contributed by atoms with Gasteiger partial charge in [0.05, 0.1) is 35.9 Å².